The van der Waals surface area contributed by atoms with Gasteiger partial charge in [-0.3, -0.25) is 4.90 Å². The van der Waals surface area contributed by atoms with Crippen LogP contribution >= 0.6 is 0 Å². The summed E-state index contributed by atoms with van der Waals surface area (Å²) in [5, 5.41) is 5.43. The van der Waals surface area contributed by atoms with Crippen LogP contribution in [-0.4, -0.2) is 36.6 Å². The zero-order chi connectivity index (χ0) is 21.5. The van der Waals surface area contributed by atoms with E-state index in [1.165, 1.54) is 25.0 Å². The first-order chi connectivity index (χ1) is 14.1. The molecule has 1 heterocycles. The van der Waals surface area contributed by atoms with Crippen molar-refractivity contribution in [3.63, 3.8) is 0 Å². The molecular formula is C23H30F3N3O. The molecule has 0 spiro atoms. The summed E-state index contributed by atoms with van der Waals surface area (Å²) in [5.74, 6) is 1.56. The van der Waals surface area contributed by atoms with Crippen molar-refractivity contribution in [3.05, 3.63) is 41.5 Å². The highest BCUT2D eigenvalue weighted by Crippen LogP contribution is 2.59. The molecule has 2 fully saturated rings. The number of benzene rings is 1. The Labute approximate surface area is 175 Å². The molecule has 1 aromatic rings. The highest BCUT2D eigenvalue weighted by Gasteiger charge is 2.51. The van der Waals surface area contributed by atoms with E-state index in [0.29, 0.717) is 11.3 Å². The molecular weight excluding hydrogens is 391 g/mol. The number of amides is 2. The number of allylic oxidation sites excluding steroid dienone is 1. The lowest BCUT2D eigenvalue weighted by Gasteiger charge is -2.57. The fourth-order valence-corrected chi connectivity index (χ4v) is 5.28. The topological polar surface area (TPSA) is 44.4 Å². The van der Waals surface area contributed by atoms with Crippen LogP contribution in [0.25, 0.3) is 0 Å². The number of hydrogen-bond donors (Lipinski definition) is 2. The largest absolute Gasteiger partial charge is 0.416 e. The van der Waals surface area contributed by atoms with E-state index in [4.69, 9.17) is 0 Å². The average Bonchev–Trinajstić information content (AvgIpc) is 2.69. The third-order valence-electron chi connectivity index (χ3n) is 7.36. The number of alkyl halides is 3. The molecule has 0 unspecified atom stereocenters. The maximum Gasteiger partial charge on any atom is 0.416 e. The van der Waals surface area contributed by atoms with Gasteiger partial charge in [0, 0.05) is 31.4 Å². The van der Waals surface area contributed by atoms with Gasteiger partial charge in [-0.15, -0.1) is 0 Å². The van der Waals surface area contributed by atoms with E-state index in [9.17, 15) is 18.0 Å². The molecule has 2 amide bonds. The van der Waals surface area contributed by atoms with E-state index in [1.807, 2.05) is 0 Å². The molecule has 1 aromatic carbocycles. The number of hydrogen-bond acceptors (Lipinski definition) is 2. The highest BCUT2D eigenvalue weighted by atomic mass is 19.4. The maximum atomic E-state index is 12.8. The molecule has 4 nitrogen and oxygen atoms in total. The molecule has 3 aliphatic carbocycles. The van der Waals surface area contributed by atoms with Crippen LogP contribution in [0.15, 0.2) is 35.9 Å². The van der Waals surface area contributed by atoms with E-state index < -0.39 is 17.8 Å². The van der Waals surface area contributed by atoms with Crippen LogP contribution in [0.1, 0.15) is 45.1 Å². The van der Waals surface area contributed by atoms with Crippen molar-refractivity contribution in [1.29, 1.82) is 0 Å². The monoisotopic (exact) mass is 421 g/mol. The van der Waals surface area contributed by atoms with Crippen molar-refractivity contribution in [2.45, 2.75) is 51.7 Å². The standard InChI is InChI=1S/C23H30F3N3O/c1-22(2)16-7-6-15(20(22)13-16)14-29-10-8-18(9-11-29)27-21(30)28-19-5-3-4-17(12-19)23(24,25)26/h3-6,12,16,18,20H,7-11,13-14H2,1-2H3,(H2,27,28,30)/t16-,20-/m0/s1. The van der Waals surface area contributed by atoms with Gasteiger partial charge in [0.05, 0.1) is 5.56 Å². The molecule has 0 aromatic heterocycles. The number of fused-ring (bicyclic) bond motifs is 1. The van der Waals surface area contributed by atoms with E-state index in [-0.39, 0.29) is 11.7 Å². The first kappa shape index (κ1) is 21.2. The molecule has 30 heavy (non-hydrogen) atoms. The van der Waals surface area contributed by atoms with Gasteiger partial charge >= 0.3 is 12.2 Å². The smallest absolute Gasteiger partial charge is 0.335 e. The SMILES string of the molecule is CC1(C)[C@H]2CC=C(CN3CCC(NC(=O)Nc4cccc(C(F)(F)F)c4)CC3)[C@@H]1C2. The predicted molar refractivity (Wildman–Crippen MR) is 111 cm³/mol. The van der Waals surface area contributed by atoms with Crippen molar-refractivity contribution in [2.24, 2.45) is 17.3 Å². The van der Waals surface area contributed by atoms with Crippen molar-refractivity contribution < 1.29 is 18.0 Å². The fraction of sp³-hybridized carbons (Fsp3) is 0.609. The Morgan fingerprint density at radius 1 is 1.23 bits per heavy atom. The van der Waals surface area contributed by atoms with Crippen LogP contribution in [0, 0.1) is 17.3 Å². The number of halogens is 3. The van der Waals surface area contributed by atoms with Gasteiger partial charge in [0.2, 0.25) is 0 Å². The minimum atomic E-state index is -4.43. The second-order valence-electron chi connectivity index (χ2n) is 9.55. The Kier molecular flexibility index (Phi) is 5.60. The lowest BCUT2D eigenvalue weighted by molar-refractivity contribution is -0.137. The number of nitrogens with one attached hydrogen (secondary N) is 2. The van der Waals surface area contributed by atoms with Gasteiger partial charge in [0.15, 0.2) is 0 Å². The van der Waals surface area contributed by atoms with Gasteiger partial charge in [-0.1, -0.05) is 31.6 Å². The number of urea groups is 1. The number of carbonyl (C=O) groups excluding carboxylic acids is 1. The summed E-state index contributed by atoms with van der Waals surface area (Å²) in [6, 6.07) is 4.28. The summed E-state index contributed by atoms with van der Waals surface area (Å²) in [7, 11) is 0. The first-order valence-corrected chi connectivity index (χ1v) is 10.8. The van der Waals surface area contributed by atoms with Gasteiger partial charge in [-0.05, 0) is 61.1 Å². The molecule has 4 aliphatic rings. The minimum absolute atomic E-state index is 0.0388. The molecule has 2 bridgehead atoms. The third kappa shape index (κ3) is 4.36. The summed E-state index contributed by atoms with van der Waals surface area (Å²) in [5.41, 5.74) is 1.39. The normalized spacial score (nSPS) is 26.5. The number of anilines is 1. The van der Waals surface area contributed by atoms with Gasteiger partial charge in [-0.25, -0.2) is 4.79 Å². The lowest BCUT2D eigenvalue weighted by atomic mass is 9.49. The maximum absolute atomic E-state index is 12.8. The Hall–Kier alpha value is -2.02. The second kappa shape index (κ2) is 7.91. The van der Waals surface area contributed by atoms with Gasteiger partial charge in [-0.2, -0.15) is 13.2 Å². The molecule has 2 N–H and O–H groups in total. The van der Waals surface area contributed by atoms with Crippen LogP contribution in [0.2, 0.25) is 0 Å². The number of piperidine rings is 1. The second-order valence-corrected chi connectivity index (χ2v) is 9.55. The Morgan fingerprint density at radius 2 is 1.97 bits per heavy atom. The van der Waals surface area contributed by atoms with E-state index in [2.05, 4.69) is 35.5 Å². The number of carbonyl (C=O) groups is 1. The molecule has 7 heteroatoms. The summed E-state index contributed by atoms with van der Waals surface area (Å²) >= 11 is 0. The summed E-state index contributed by atoms with van der Waals surface area (Å²) < 4.78 is 38.4. The minimum Gasteiger partial charge on any atom is -0.335 e. The quantitative estimate of drug-likeness (QED) is 0.650. The van der Waals surface area contributed by atoms with Crippen LogP contribution < -0.4 is 10.6 Å². The molecule has 1 aliphatic heterocycles. The molecule has 5 rings (SSSR count). The van der Waals surface area contributed by atoms with Crippen molar-refractivity contribution in [2.75, 3.05) is 25.0 Å². The summed E-state index contributed by atoms with van der Waals surface area (Å²) in [6.07, 6.45) is 2.24. The number of rotatable bonds is 4. The Morgan fingerprint density at radius 3 is 2.60 bits per heavy atom. The number of likely N-dealkylation sites (tertiary alicyclic amines) is 1. The molecule has 2 atom stereocenters. The van der Waals surface area contributed by atoms with Gasteiger partial charge < -0.3 is 10.6 Å². The number of nitrogens with zero attached hydrogens (tertiary/aromatic N) is 1. The van der Waals surface area contributed by atoms with Crippen molar-refractivity contribution in [1.82, 2.24) is 10.2 Å². The zero-order valence-electron chi connectivity index (χ0n) is 17.6. The first-order valence-electron chi connectivity index (χ1n) is 10.8. The summed E-state index contributed by atoms with van der Waals surface area (Å²) in [4.78, 5) is 14.7. The molecule has 0 radical (unpaired) electrons. The van der Waals surface area contributed by atoms with E-state index in [1.54, 1.807) is 5.57 Å². The Bertz CT molecular complexity index is 825. The van der Waals surface area contributed by atoms with E-state index in [0.717, 1.165) is 50.5 Å². The highest BCUT2D eigenvalue weighted by molar-refractivity contribution is 5.89. The lowest BCUT2D eigenvalue weighted by Crippen LogP contribution is -2.51. The van der Waals surface area contributed by atoms with Crippen LogP contribution in [-0.2, 0) is 6.18 Å². The zero-order valence-corrected chi connectivity index (χ0v) is 17.6. The summed E-state index contributed by atoms with van der Waals surface area (Å²) in [6.45, 7) is 7.63. The van der Waals surface area contributed by atoms with Crippen LogP contribution in [0.4, 0.5) is 23.7 Å². The average molecular weight is 422 g/mol. The van der Waals surface area contributed by atoms with E-state index >= 15 is 0 Å². The molecule has 164 valence electrons. The van der Waals surface area contributed by atoms with Crippen LogP contribution in [0.3, 0.4) is 0 Å². The van der Waals surface area contributed by atoms with Gasteiger partial charge in [0.1, 0.15) is 0 Å². The fourth-order valence-electron chi connectivity index (χ4n) is 5.28. The third-order valence-corrected chi connectivity index (χ3v) is 7.36. The van der Waals surface area contributed by atoms with Gasteiger partial charge in [0.25, 0.3) is 0 Å². The van der Waals surface area contributed by atoms with Crippen molar-refractivity contribution >= 4 is 11.7 Å². The predicted octanol–water partition coefficient (Wildman–Crippen LogP) is 5.28. The molecule has 1 saturated carbocycles. The van der Waals surface area contributed by atoms with Crippen molar-refractivity contribution in [3.8, 4) is 0 Å². The Balaban J connectivity index is 1.23. The van der Waals surface area contributed by atoms with Crippen LogP contribution in [0.5, 0.6) is 0 Å². The molecule has 1 saturated heterocycles.